The number of benzene rings is 1. The fourth-order valence-corrected chi connectivity index (χ4v) is 3.50. The van der Waals surface area contributed by atoms with Gasteiger partial charge in [0, 0.05) is 12.4 Å². The number of hydrogen-bond acceptors (Lipinski definition) is 6. The Balaban J connectivity index is 1.93. The van der Waals surface area contributed by atoms with Crippen LogP contribution in [0.15, 0.2) is 24.3 Å². The van der Waals surface area contributed by atoms with Crippen molar-refractivity contribution in [3.8, 4) is 5.75 Å². The number of aryl methyl sites for hydroxylation is 2. The maximum atomic E-state index is 12.6. The molecule has 130 valence electrons. The first kappa shape index (κ1) is 17.0. The van der Waals surface area contributed by atoms with Crippen molar-refractivity contribution >= 4 is 39.2 Å². The zero-order chi connectivity index (χ0) is 18.1. The van der Waals surface area contributed by atoms with E-state index in [-0.39, 0.29) is 5.91 Å². The number of rotatable bonds is 4. The number of thiazole rings is 1. The Morgan fingerprint density at radius 3 is 2.72 bits per heavy atom. The highest BCUT2D eigenvalue weighted by atomic mass is 32.1. The third-order valence-corrected chi connectivity index (χ3v) is 4.94. The zero-order valence-corrected chi connectivity index (χ0v) is 15.1. The smallest absolute Gasteiger partial charge is 0.350 e. The third-order valence-electron chi connectivity index (χ3n) is 3.89. The van der Waals surface area contributed by atoms with Crippen LogP contribution >= 0.6 is 11.3 Å². The van der Waals surface area contributed by atoms with Crippen molar-refractivity contribution < 1.29 is 19.1 Å². The van der Waals surface area contributed by atoms with Crippen molar-refractivity contribution in [2.45, 2.75) is 6.92 Å². The van der Waals surface area contributed by atoms with Gasteiger partial charge in [-0.1, -0.05) is 17.4 Å². The first-order valence-corrected chi connectivity index (χ1v) is 8.27. The van der Waals surface area contributed by atoms with Crippen molar-refractivity contribution in [1.82, 2.24) is 9.55 Å². The summed E-state index contributed by atoms with van der Waals surface area (Å²) in [5.74, 6) is -0.0824. The summed E-state index contributed by atoms with van der Waals surface area (Å²) in [4.78, 5) is 28.9. The van der Waals surface area contributed by atoms with Gasteiger partial charge in [0.1, 0.15) is 16.3 Å². The Hall–Kier alpha value is -2.87. The maximum Gasteiger partial charge on any atom is 0.350 e. The van der Waals surface area contributed by atoms with E-state index in [1.54, 1.807) is 24.7 Å². The highest BCUT2D eigenvalue weighted by Gasteiger charge is 2.20. The van der Waals surface area contributed by atoms with Crippen LogP contribution in [0.3, 0.4) is 0 Å². The molecule has 0 aliphatic heterocycles. The molecule has 0 unspecified atom stereocenters. The van der Waals surface area contributed by atoms with Gasteiger partial charge in [0.2, 0.25) is 0 Å². The van der Waals surface area contributed by atoms with E-state index < -0.39 is 5.97 Å². The van der Waals surface area contributed by atoms with E-state index in [4.69, 9.17) is 9.47 Å². The van der Waals surface area contributed by atoms with Crippen LogP contribution in [-0.2, 0) is 11.8 Å². The molecule has 0 radical (unpaired) electrons. The van der Waals surface area contributed by atoms with Gasteiger partial charge in [-0.25, -0.2) is 9.78 Å². The fourth-order valence-electron chi connectivity index (χ4n) is 2.62. The van der Waals surface area contributed by atoms with Gasteiger partial charge in [0.05, 0.1) is 25.4 Å². The van der Waals surface area contributed by atoms with Crippen molar-refractivity contribution in [3.05, 3.63) is 40.5 Å². The molecule has 0 bridgehead atoms. The molecule has 1 amide bonds. The number of methoxy groups -OCH3 is 2. The third kappa shape index (κ3) is 2.96. The number of esters is 1. The molecule has 1 N–H and O–H groups in total. The van der Waals surface area contributed by atoms with Crippen LogP contribution < -0.4 is 10.1 Å². The Bertz CT molecular complexity index is 974. The van der Waals surface area contributed by atoms with E-state index >= 15 is 0 Å². The standard InChI is InChI=1S/C17H17N3O4S/c1-9-14(16(22)24-4)25-17(18-9)19-15(21)12-8-10-11(20(12)2)6-5-7-13(10)23-3/h5-8H,1-4H3,(H,18,19,21). The van der Waals surface area contributed by atoms with Crippen LogP contribution in [0.2, 0.25) is 0 Å². The molecule has 3 rings (SSSR count). The molecule has 2 aromatic heterocycles. The summed E-state index contributed by atoms with van der Waals surface area (Å²) in [6.07, 6.45) is 0. The summed E-state index contributed by atoms with van der Waals surface area (Å²) in [5, 5.41) is 3.93. The second-order valence-electron chi connectivity index (χ2n) is 5.36. The number of ether oxygens (including phenoxy) is 2. The normalized spacial score (nSPS) is 10.7. The number of fused-ring (bicyclic) bond motifs is 1. The molecule has 1 aromatic carbocycles. The molecule has 0 atom stereocenters. The predicted molar refractivity (Wildman–Crippen MR) is 95.6 cm³/mol. The van der Waals surface area contributed by atoms with Gasteiger partial charge in [-0.3, -0.25) is 10.1 Å². The van der Waals surface area contributed by atoms with Gasteiger partial charge in [-0.05, 0) is 25.1 Å². The van der Waals surface area contributed by atoms with Gasteiger partial charge in [-0.15, -0.1) is 0 Å². The fraction of sp³-hybridized carbons (Fsp3) is 0.235. The Labute approximate surface area is 148 Å². The molecule has 2 heterocycles. The van der Waals surface area contributed by atoms with Crippen LogP contribution in [0, 0.1) is 6.92 Å². The van der Waals surface area contributed by atoms with Crippen molar-refractivity contribution in [2.75, 3.05) is 19.5 Å². The number of hydrogen-bond donors (Lipinski definition) is 1. The van der Waals surface area contributed by atoms with E-state index in [1.165, 1.54) is 7.11 Å². The van der Waals surface area contributed by atoms with E-state index in [1.807, 2.05) is 25.2 Å². The second kappa shape index (κ2) is 6.56. The summed E-state index contributed by atoms with van der Waals surface area (Å²) >= 11 is 1.08. The quantitative estimate of drug-likeness (QED) is 0.724. The summed E-state index contributed by atoms with van der Waals surface area (Å²) in [6, 6.07) is 7.40. The van der Waals surface area contributed by atoms with E-state index in [0.717, 1.165) is 22.2 Å². The lowest BCUT2D eigenvalue weighted by Crippen LogP contribution is -2.15. The van der Waals surface area contributed by atoms with Gasteiger partial charge >= 0.3 is 5.97 Å². The maximum absolute atomic E-state index is 12.6. The van der Waals surface area contributed by atoms with Crippen molar-refractivity contribution in [3.63, 3.8) is 0 Å². The molecule has 0 fully saturated rings. The van der Waals surface area contributed by atoms with Gasteiger partial charge in [0.25, 0.3) is 5.91 Å². The average Bonchev–Trinajstić information content (AvgIpc) is 3.14. The van der Waals surface area contributed by atoms with Crippen LogP contribution in [-0.4, -0.2) is 35.6 Å². The minimum atomic E-state index is -0.468. The molecule has 7 nitrogen and oxygen atoms in total. The number of nitrogens with zero attached hydrogens (tertiary/aromatic N) is 2. The molecule has 3 aromatic rings. The molecule has 0 saturated heterocycles. The minimum absolute atomic E-state index is 0.314. The molecule has 0 spiro atoms. The van der Waals surface area contributed by atoms with Crippen molar-refractivity contribution in [1.29, 1.82) is 0 Å². The first-order chi connectivity index (χ1) is 12.0. The number of carbonyl (C=O) groups excluding carboxylic acids is 2. The Morgan fingerprint density at radius 2 is 2.04 bits per heavy atom. The lowest BCUT2D eigenvalue weighted by Gasteiger charge is -2.04. The molecule has 8 heteroatoms. The molecule has 25 heavy (non-hydrogen) atoms. The summed E-state index contributed by atoms with van der Waals surface area (Å²) in [5.41, 5.74) is 1.87. The summed E-state index contributed by atoms with van der Waals surface area (Å²) < 4.78 is 11.8. The lowest BCUT2D eigenvalue weighted by atomic mass is 10.2. The molecule has 0 aliphatic carbocycles. The highest BCUT2D eigenvalue weighted by molar-refractivity contribution is 7.17. The molecule has 0 aliphatic rings. The average molecular weight is 359 g/mol. The van der Waals surface area contributed by atoms with Gasteiger partial charge < -0.3 is 14.0 Å². The molecule has 0 saturated carbocycles. The predicted octanol–water partition coefficient (Wildman–Crippen LogP) is 2.99. The largest absolute Gasteiger partial charge is 0.496 e. The van der Waals surface area contributed by atoms with Crippen LogP contribution in [0.25, 0.3) is 10.9 Å². The number of nitrogens with one attached hydrogen (secondary N) is 1. The first-order valence-electron chi connectivity index (χ1n) is 7.45. The Kier molecular flexibility index (Phi) is 4.45. The highest BCUT2D eigenvalue weighted by Crippen LogP contribution is 2.29. The molecular weight excluding hydrogens is 342 g/mol. The van der Waals surface area contributed by atoms with Crippen LogP contribution in [0.5, 0.6) is 5.75 Å². The van der Waals surface area contributed by atoms with Gasteiger partial charge in [-0.2, -0.15) is 0 Å². The van der Waals surface area contributed by atoms with E-state index in [9.17, 15) is 9.59 Å². The number of carbonyl (C=O) groups is 2. The monoisotopic (exact) mass is 359 g/mol. The minimum Gasteiger partial charge on any atom is -0.496 e. The van der Waals surface area contributed by atoms with E-state index in [2.05, 4.69) is 10.3 Å². The van der Waals surface area contributed by atoms with Crippen LogP contribution in [0.1, 0.15) is 25.9 Å². The topological polar surface area (TPSA) is 82.5 Å². The van der Waals surface area contributed by atoms with Crippen LogP contribution in [0.4, 0.5) is 5.13 Å². The lowest BCUT2D eigenvalue weighted by molar-refractivity contribution is 0.0605. The summed E-state index contributed by atoms with van der Waals surface area (Å²) in [6.45, 7) is 1.69. The number of anilines is 1. The zero-order valence-electron chi connectivity index (χ0n) is 14.2. The Morgan fingerprint density at radius 1 is 1.28 bits per heavy atom. The SMILES string of the molecule is COC(=O)c1sc(NC(=O)c2cc3c(OC)cccc3n2C)nc1C. The second-order valence-corrected chi connectivity index (χ2v) is 6.36. The summed E-state index contributed by atoms with van der Waals surface area (Å²) in [7, 11) is 4.71. The number of aromatic nitrogens is 2. The van der Waals surface area contributed by atoms with E-state index in [0.29, 0.717) is 27.1 Å². The van der Waals surface area contributed by atoms with Gasteiger partial charge in [0.15, 0.2) is 5.13 Å². The molecular formula is C17H17N3O4S. The van der Waals surface area contributed by atoms with Crippen molar-refractivity contribution in [2.24, 2.45) is 7.05 Å². The number of amides is 1.